The largest absolute Gasteiger partial charge is 0.480 e. The van der Waals surface area contributed by atoms with Gasteiger partial charge >= 0.3 is 18.2 Å². The predicted octanol–water partition coefficient (Wildman–Crippen LogP) is 7.85. The van der Waals surface area contributed by atoms with Gasteiger partial charge in [0, 0.05) is 29.2 Å². The summed E-state index contributed by atoms with van der Waals surface area (Å²) in [6, 6.07) is 21.9. The van der Waals surface area contributed by atoms with Crippen LogP contribution in [0.4, 0.5) is 15.3 Å². The van der Waals surface area contributed by atoms with Crippen molar-refractivity contribution in [3.05, 3.63) is 94.6 Å². The molecule has 1 atom stereocenters. The second kappa shape index (κ2) is 12.3. The lowest BCUT2D eigenvalue weighted by Gasteiger charge is -2.47. The smallest absolute Gasteiger partial charge is 0.412 e. The highest BCUT2D eigenvalue weighted by Gasteiger charge is 2.53. The summed E-state index contributed by atoms with van der Waals surface area (Å²) >= 11 is 6.24. The third-order valence-electron chi connectivity index (χ3n) is 7.62. The highest BCUT2D eigenvalue weighted by atomic mass is 35.5. The van der Waals surface area contributed by atoms with Crippen molar-refractivity contribution in [3.63, 3.8) is 0 Å². The maximum absolute atomic E-state index is 12.7. The Labute approximate surface area is 265 Å². The van der Waals surface area contributed by atoms with Crippen molar-refractivity contribution in [1.82, 2.24) is 10.1 Å². The number of nitrogens with zero attached hydrogens (tertiary/aromatic N) is 2. The minimum Gasteiger partial charge on any atom is -0.480 e. The second-order valence-electron chi connectivity index (χ2n) is 12.0. The van der Waals surface area contributed by atoms with E-state index in [2.05, 4.69) is 10.5 Å². The fourth-order valence-electron chi connectivity index (χ4n) is 5.17. The number of hydrogen-bond donors (Lipinski definition) is 2. The minimum absolute atomic E-state index is 0.0325. The number of carbonyl (C=O) groups is 3. The van der Waals surface area contributed by atoms with Gasteiger partial charge in [-0.1, -0.05) is 83.5 Å². The van der Waals surface area contributed by atoms with E-state index in [9.17, 15) is 19.5 Å². The van der Waals surface area contributed by atoms with E-state index in [1.807, 2.05) is 42.5 Å². The molecule has 2 amide bonds. The highest BCUT2D eigenvalue weighted by Crippen LogP contribution is 2.38. The second-order valence-corrected chi connectivity index (χ2v) is 12.5. The van der Waals surface area contributed by atoms with E-state index in [0.29, 0.717) is 38.9 Å². The molecular formula is C34H34ClN3O7. The zero-order chi connectivity index (χ0) is 32.5. The first kappa shape index (κ1) is 31.6. The third-order valence-corrected chi connectivity index (χ3v) is 7.96. The number of aryl methyl sites for hydroxylation is 1. The van der Waals surface area contributed by atoms with Gasteiger partial charge in [-0.25, -0.2) is 9.59 Å². The van der Waals surface area contributed by atoms with Crippen LogP contribution in [0.15, 0.2) is 77.3 Å². The third kappa shape index (κ3) is 6.66. The van der Waals surface area contributed by atoms with Gasteiger partial charge in [0.2, 0.25) is 0 Å². The van der Waals surface area contributed by atoms with Crippen LogP contribution in [0.25, 0.3) is 22.5 Å². The molecule has 2 heterocycles. The number of anilines is 1. The van der Waals surface area contributed by atoms with Crippen molar-refractivity contribution in [2.75, 3.05) is 18.4 Å². The Morgan fingerprint density at radius 3 is 2.13 bits per heavy atom. The monoisotopic (exact) mass is 631 g/mol. The molecule has 2 N–H and O–H groups in total. The van der Waals surface area contributed by atoms with Crippen LogP contribution in [0, 0.1) is 6.92 Å². The lowest BCUT2D eigenvalue weighted by atomic mass is 9.73. The van der Waals surface area contributed by atoms with E-state index in [-0.39, 0.29) is 13.1 Å². The molecule has 1 unspecified atom stereocenters. The Bertz CT molecular complexity index is 1720. The first-order valence-corrected chi connectivity index (χ1v) is 14.8. The number of rotatable bonds is 7. The van der Waals surface area contributed by atoms with Gasteiger partial charge in [0.15, 0.2) is 5.76 Å². The number of aromatic nitrogens is 1. The zero-order valence-electron chi connectivity index (χ0n) is 25.6. The lowest BCUT2D eigenvalue weighted by Crippen LogP contribution is -2.65. The van der Waals surface area contributed by atoms with Crippen LogP contribution < -0.4 is 5.32 Å². The molecule has 0 bridgehead atoms. The van der Waals surface area contributed by atoms with Gasteiger partial charge < -0.3 is 24.0 Å². The number of nitrogens with one attached hydrogen (secondary N) is 1. The SMILES string of the molecule is Cc1noc(-c2ccc(-c3ccc(C4(C(=O)O)CN(C(=O)OC(C)(C)C)C4)cc3)cc2)c1NC(=O)OC(C)c1ccccc1Cl. The Balaban J connectivity index is 1.27. The summed E-state index contributed by atoms with van der Waals surface area (Å²) in [4.78, 5) is 38.8. The first-order valence-electron chi connectivity index (χ1n) is 14.4. The summed E-state index contributed by atoms with van der Waals surface area (Å²) in [7, 11) is 0. The summed E-state index contributed by atoms with van der Waals surface area (Å²) in [5.74, 6) is -0.618. The predicted molar refractivity (Wildman–Crippen MR) is 169 cm³/mol. The van der Waals surface area contributed by atoms with E-state index < -0.39 is 35.3 Å². The van der Waals surface area contributed by atoms with Crippen LogP contribution >= 0.6 is 11.6 Å². The number of carboxylic acid groups (broad SMARTS) is 1. The molecule has 0 saturated carbocycles. The quantitative estimate of drug-likeness (QED) is 0.211. The number of amides is 2. The Kier molecular flexibility index (Phi) is 8.62. The van der Waals surface area contributed by atoms with Crippen LogP contribution in [0.1, 0.15) is 50.6 Å². The number of halogens is 1. The van der Waals surface area contributed by atoms with Gasteiger partial charge in [-0.2, -0.15) is 0 Å². The van der Waals surface area contributed by atoms with Crippen molar-refractivity contribution < 1.29 is 33.5 Å². The minimum atomic E-state index is -1.20. The molecule has 0 spiro atoms. The average Bonchev–Trinajstić information content (AvgIpc) is 3.31. The first-order chi connectivity index (χ1) is 21.3. The number of likely N-dealkylation sites (tertiary alicyclic amines) is 1. The van der Waals surface area contributed by atoms with Gasteiger partial charge in [0.25, 0.3) is 0 Å². The molecule has 1 aliphatic rings. The Hall–Kier alpha value is -4.83. The number of carbonyl (C=O) groups excluding carboxylic acids is 2. The fraction of sp³-hybridized carbons (Fsp3) is 0.294. The van der Waals surface area contributed by atoms with Crippen LogP contribution in [0.2, 0.25) is 5.02 Å². The summed E-state index contributed by atoms with van der Waals surface area (Å²) in [6.45, 7) is 8.82. The molecule has 11 heteroatoms. The van der Waals surface area contributed by atoms with Crippen LogP contribution in [-0.2, 0) is 19.7 Å². The van der Waals surface area contributed by atoms with Gasteiger partial charge in [-0.15, -0.1) is 0 Å². The molecule has 1 saturated heterocycles. The van der Waals surface area contributed by atoms with E-state index in [0.717, 1.165) is 11.1 Å². The molecule has 234 valence electrons. The number of ether oxygens (including phenoxy) is 2. The molecule has 5 rings (SSSR count). The Morgan fingerprint density at radius 1 is 0.978 bits per heavy atom. The Morgan fingerprint density at radius 2 is 1.56 bits per heavy atom. The fourth-order valence-corrected chi connectivity index (χ4v) is 5.46. The summed E-state index contributed by atoms with van der Waals surface area (Å²) in [5, 5.41) is 17.3. The van der Waals surface area contributed by atoms with Crippen molar-refractivity contribution >= 4 is 35.4 Å². The number of hydrogen-bond acceptors (Lipinski definition) is 7. The molecule has 0 aliphatic carbocycles. The molecule has 10 nitrogen and oxygen atoms in total. The summed E-state index contributed by atoms with van der Waals surface area (Å²) in [6.07, 6.45) is -1.78. The van der Waals surface area contributed by atoms with Gasteiger partial charge in [-0.3, -0.25) is 10.1 Å². The van der Waals surface area contributed by atoms with E-state index >= 15 is 0 Å². The standard InChI is InChI=1S/C34H34ClN3O7/c1-20-28(36-31(41)43-21(2)26-8-6-7-9-27(26)35)29(45-37-20)24-12-10-22(11-13-24)23-14-16-25(17-15-23)34(30(39)40)18-38(19-34)32(42)44-33(3,4)5/h6-17,21H,18-19H2,1-5H3,(H,36,41)(H,39,40). The van der Waals surface area contributed by atoms with Crippen LogP contribution in [-0.4, -0.2) is 52.0 Å². The molecule has 3 aromatic carbocycles. The maximum Gasteiger partial charge on any atom is 0.412 e. The van der Waals surface area contributed by atoms with Gasteiger partial charge in [0.1, 0.15) is 28.5 Å². The molecule has 0 radical (unpaired) electrons. The van der Waals surface area contributed by atoms with Crippen molar-refractivity contribution in [1.29, 1.82) is 0 Å². The summed E-state index contributed by atoms with van der Waals surface area (Å²) < 4.78 is 16.5. The zero-order valence-corrected chi connectivity index (χ0v) is 26.3. The highest BCUT2D eigenvalue weighted by molar-refractivity contribution is 6.31. The van der Waals surface area contributed by atoms with Crippen molar-refractivity contribution in [2.45, 2.75) is 51.7 Å². The normalized spacial score (nSPS) is 14.7. The molecule has 1 aliphatic heterocycles. The molecule has 4 aromatic rings. The van der Waals surface area contributed by atoms with E-state index in [1.54, 1.807) is 65.0 Å². The summed E-state index contributed by atoms with van der Waals surface area (Å²) in [5.41, 5.74) is 2.76. The molecule has 45 heavy (non-hydrogen) atoms. The van der Waals surface area contributed by atoms with Gasteiger partial charge in [-0.05, 0) is 57.4 Å². The maximum atomic E-state index is 12.7. The van der Waals surface area contributed by atoms with Gasteiger partial charge in [0.05, 0.1) is 0 Å². The average molecular weight is 632 g/mol. The number of carboxylic acids is 1. The van der Waals surface area contributed by atoms with E-state index in [1.165, 1.54) is 4.90 Å². The topological polar surface area (TPSA) is 131 Å². The lowest BCUT2D eigenvalue weighted by molar-refractivity contribution is -0.150. The van der Waals surface area contributed by atoms with Crippen molar-refractivity contribution in [2.24, 2.45) is 0 Å². The molecule has 1 aromatic heterocycles. The van der Waals surface area contributed by atoms with Crippen LogP contribution in [0.5, 0.6) is 0 Å². The number of aliphatic carboxylic acids is 1. The molecule has 1 fully saturated rings. The van der Waals surface area contributed by atoms with Crippen LogP contribution in [0.3, 0.4) is 0 Å². The van der Waals surface area contributed by atoms with Crippen molar-refractivity contribution in [3.8, 4) is 22.5 Å². The molecular weight excluding hydrogens is 598 g/mol. The number of benzene rings is 3. The van der Waals surface area contributed by atoms with E-state index in [4.69, 9.17) is 25.6 Å².